The summed E-state index contributed by atoms with van der Waals surface area (Å²) in [5, 5.41) is 6.51. The fraction of sp³-hybridized carbons (Fsp3) is 0.636. The molecule has 1 heterocycles. The zero-order valence-corrected chi connectivity index (χ0v) is 9.99. The molecule has 1 atom stereocenters. The summed E-state index contributed by atoms with van der Waals surface area (Å²) in [5.74, 6) is 1.00. The Hall–Kier alpha value is -1.36. The Morgan fingerprint density at radius 1 is 1.62 bits per heavy atom. The van der Waals surface area contributed by atoms with Crippen molar-refractivity contribution in [3.8, 4) is 0 Å². The van der Waals surface area contributed by atoms with Gasteiger partial charge in [0.1, 0.15) is 11.5 Å². The zero-order chi connectivity index (χ0) is 12.1. The predicted molar refractivity (Wildman–Crippen MR) is 60.5 cm³/mol. The molecule has 0 bridgehead atoms. The minimum absolute atomic E-state index is 0.144. The molecule has 0 saturated heterocycles. The van der Waals surface area contributed by atoms with E-state index in [-0.39, 0.29) is 5.91 Å². The summed E-state index contributed by atoms with van der Waals surface area (Å²) in [5.41, 5.74) is 6.44. The van der Waals surface area contributed by atoms with Crippen LogP contribution in [0.25, 0.3) is 0 Å². The second-order valence-electron chi connectivity index (χ2n) is 4.38. The van der Waals surface area contributed by atoms with Crippen LogP contribution in [0.4, 0.5) is 0 Å². The van der Waals surface area contributed by atoms with Crippen molar-refractivity contribution in [2.75, 3.05) is 0 Å². The lowest BCUT2D eigenvalue weighted by atomic mass is 10.0. The van der Waals surface area contributed by atoms with Crippen LogP contribution in [-0.4, -0.2) is 17.1 Å². The maximum Gasteiger partial charge on any atom is 0.237 e. The minimum Gasteiger partial charge on any atom is -0.361 e. The maximum absolute atomic E-state index is 11.6. The van der Waals surface area contributed by atoms with Crippen LogP contribution < -0.4 is 11.1 Å². The summed E-state index contributed by atoms with van der Waals surface area (Å²) < 4.78 is 4.89. The van der Waals surface area contributed by atoms with Crippen molar-refractivity contribution >= 4 is 5.91 Å². The number of nitrogens with two attached hydrogens (primary N) is 1. The smallest absolute Gasteiger partial charge is 0.237 e. The first-order chi connectivity index (χ1) is 7.49. The Kier molecular flexibility index (Phi) is 4.49. The first-order valence-electron chi connectivity index (χ1n) is 5.44. The zero-order valence-electron chi connectivity index (χ0n) is 9.99. The van der Waals surface area contributed by atoms with Crippen LogP contribution in [0.5, 0.6) is 0 Å². The fourth-order valence-corrected chi connectivity index (χ4v) is 1.42. The van der Waals surface area contributed by atoms with E-state index in [1.807, 2.05) is 20.8 Å². The number of amides is 1. The van der Waals surface area contributed by atoms with E-state index in [9.17, 15) is 4.79 Å². The van der Waals surface area contributed by atoms with Crippen LogP contribution in [0.1, 0.15) is 31.7 Å². The van der Waals surface area contributed by atoms with Crippen molar-refractivity contribution in [1.29, 1.82) is 0 Å². The summed E-state index contributed by atoms with van der Waals surface area (Å²) >= 11 is 0. The molecule has 1 rings (SSSR count). The number of carbonyl (C=O) groups is 1. The highest BCUT2D eigenvalue weighted by molar-refractivity contribution is 5.81. The van der Waals surface area contributed by atoms with Crippen molar-refractivity contribution < 1.29 is 9.32 Å². The number of hydrogen-bond acceptors (Lipinski definition) is 4. The molecule has 0 aromatic carbocycles. The van der Waals surface area contributed by atoms with E-state index in [0.29, 0.717) is 24.6 Å². The molecular formula is C11H19N3O2. The normalized spacial score (nSPS) is 12.8. The highest BCUT2D eigenvalue weighted by Crippen LogP contribution is 2.04. The average molecular weight is 225 g/mol. The van der Waals surface area contributed by atoms with E-state index in [1.165, 1.54) is 0 Å². The SMILES string of the molecule is Cc1cc(CNC(=O)[C@H](N)CC(C)C)no1. The second kappa shape index (κ2) is 5.65. The third kappa shape index (κ3) is 4.02. The van der Waals surface area contributed by atoms with E-state index >= 15 is 0 Å². The molecule has 0 aliphatic heterocycles. The molecule has 0 aliphatic carbocycles. The molecule has 0 unspecified atom stereocenters. The third-order valence-electron chi connectivity index (χ3n) is 2.18. The molecule has 0 fully saturated rings. The lowest BCUT2D eigenvalue weighted by Crippen LogP contribution is -2.41. The highest BCUT2D eigenvalue weighted by atomic mass is 16.5. The molecule has 0 radical (unpaired) electrons. The van der Waals surface area contributed by atoms with Crippen molar-refractivity contribution in [2.45, 2.75) is 39.8 Å². The van der Waals surface area contributed by atoms with Gasteiger partial charge in [0.2, 0.25) is 5.91 Å². The molecule has 5 nitrogen and oxygen atoms in total. The van der Waals surface area contributed by atoms with E-state index in [0.717, 1.165) is 5.76 Å². The molecular weight excluding hydrogens is 206 g/mol. The summed E-state index contributed by atoms with van der Waals surface area (Å²) in [6.45, 7) is 6.24. The Labute approximate surface area is 95.4 Å². The molecule has 90 valence electrons. The van der Waals surface area contributed by atoms with Gasteiger partial charge in [-0.15, -0.1) is 0 Å². The topological polar surface area (TPSA) is 81.2 Å². The van der Waals surface area contributed by atoms with Gasteiger partial charge in [-0.25, -0.2) is 0 Å². The van der Waals surface area contributed by atoms with Crippen molar-refractivity contribution in [1.82, 2.24) is 10.5 Å². The number of aromatic nitrogens is 1. The number of aryl methyl sites for hydroxylation is 1. The van der Waals surface area contributed by atoms with Crippen molar-refractivity contribution in [3.63, 3.8) is 0 Å². The molecule has 3 N–H and O–H groups in total. The molecule has 1 aromatic heterocycles. The van der Waals surface area contributed by atoms with Crippen LogP contribution in [0.3, 0.4) is 0 Å². The lowest BCUT2D eigenvalue weighted by Gasteiger charge is -2.13. The van der Waals surface area contributed by atoms with Crippen LogP contribution in [0.15, 0.2) is 10.6 Å². The second-order valence-corrected chi connectivity index (χ2v) is 4.38. The van der Waals surface area contributed by atoms with E-state index < -0.39 is 6.04 Å². The van der Waals surface area contributed by atoms with Crippen LogP contribution in [-0.2, 0) is 11.3 Å². The lowest BCUT2D eigenvalue weighted by molar-refractivity contribution is -0.122. The van der Waals surface area contributed by atoms with E-state index in [1.54, 1.807) is 6.07 Å². The van der Waals surface area contributed by atoms with Crippen LogP contribution in [0, 0.1) is 12.8 Å². The first-order valence-corrected chi connectivity index (χ1v) is 5.44. The van der Waals surface area contributed by atoms with Gasteiger partial charge in [0.15, 0.2) is 0 Å². The first kappa shape index (κ1) is 12.7. The molecule has 1 aromatic rings. The standard InChI is InChI=1S/C11H19N3O2/c1-7(2)4-10(12)11(15)13-6-9-5-8(3)16-14-9/h5,7,10H,4,6,12H2,1-3H3,(H,13,15)/t10-/m1/s1. The van der Waals surface area contributed by atoms with Gasteiger partial charge in [-0.3, -0.25) is 4.79 Å². The van der Waals surface area contributed by atoms with Gasteiger partial charge in [0.05, 0.1) is 12.6 Å². The maximum atomic E-state index is 11.6. The van der Waals surface area contributed by atoms with Crippen molar-refractivity contribution in [3.05, 3.63) is 17.5 Å². The Balaban J connectivity index is 2.35. The van der Waals surface area contributed by atoms with Gasteiger partial charge in [0.25, 0.3) is 0 Å². The molecule has 0 saturated carbocycles. The van der Waals surface area contributed by atoms with Crippen molar-refractivity contribution in [2.24, 2.45) is 11.7 Å². The highest BCUT2D eigenvalue weighted by Gasteiger charge is 2.14. The Bertz CT molecular complexity index is 347. The van der Waals surface area contributed by atoms with E-state index in [2.05, 4.69) is 10.5 Å². The average Bonchev–Trinajstić information content (AvgIpc) is 2.59. The van der Waals surface area contributed by atoms with Gasteiger partial charge in [-0.2, -0.15) is 0 Å². The Morgan fingerprint density at radius 2 is 2.31 bits per heavy atom. The number of hydrogen-bond donors (Lipinski definition) is 2. The summed E-state index contributed by atoms with van der Waals surface area (Å²) in [4.78, 5) is 11.6. The van der Waals surface area contributed by atoms with Gasteiger partial charge < -0.3 is 15.6 Å². The quantitative estimate of drug-likeness (QED) is 0.782. The van der Waals surface area contributed by atoms with Gasteiger partial charge in [0, 0.05) is 6.07 Å². The number of rotatable bonds is 5. The predicted octanol–water partition coefficient (Wildman–Crippen LogP) is 0.973. The molecule has 16 heavy (non-hydrogen) atoms. The van der Waals surface area contributed by atoms with Gasteiger partial charge in [-0.1, -0.05) is 19.0 Å². The third-order valence-corrected chi connectivity index (χ3v) is 2.18. The number of carbonyl (C=O) groups excluding carboxylic acids is 1. The molecule has 5 heteroatoms. The number of nitrogens with zero attached hydrogens (tertiary/aromatic N) is 1. The van der Waals surface area contributed by atoms with Gasteiger partial charge >= 0.3 is 0 Å². The summed E-state index contributed by atoms with van der Waals surface area (Å²) in [7, 11) is 0. The summed E-state index contributed by atoms with van der Waals surface area (Å²) in [6, 6.07) is 1.34. The molecule has 1 amide bonds. The van der Waals surface area contributed by atoms with Gasteiger partial charge in [-0.05, 0) is 19.3 Å². The Morgan fingerprint density at radius 3 is 2.81 bits per heavy atom. The van der Waals surface area contributed by atoms with E-state index in [4.69, 9.17) is 10.3 Å². The van der Waals surface area contributed by atoms with Crippen LogP contribution >= 0.6 is 0 Å². The fourth-order valence-electron chi connectivity index (χ4n) is 1.42. The van der Waals surface area contributed by atoms with Crippen LogP contribution in [0.2, 0.25) is 0 Å². The number of nitrogens with one attached hydrogen (secondary N) is 1. The minimum atomic E-state index is -0.451. The summed E-state index contributed by atoms with van der Waals surface area (Å²) in [6.07, 6.45) is 0.684. The largest absolute Gasteiger partial charge is 0.361 e. The molecule has 0 aliphatic rings. The molecule has 0 spiro atoms. The monoisotopic (exact) mass is 225 g/mol.